The van der Waals surface area contributed by atoms with Crippen molar-refractivity contribution in [2.75, 3.05) is 26.3 Å². The standard InChI is InChI=1S/C21H28N2O5/c1-15(24)28-19-4-2-3-17(14-19)21(26)22-18-5-9-23(10-6-18)20(25)13-16-7-11-27-12-8-16/h2-4,14,16,18H,5-13H2,1H3,(H,22,26). The third kappa shape index (κ3) is 5.79. The number of carbonyl (C=O) groups excluding carboxylic acids is 3. The molecule has 1 N–H and O–H groups in total. The van der Waals surface area contributed by atoms with Crippen molar-refractivity contribution in [3.63, 3.8) is 0 Å². The molecule has 1 aromatic rings. The van der Waals surface area contributed by atoms with Crippen molar-refractivity contribution in [3.05, 3.63) is 29.8 Å². The van der Waals surface area contributed by atoms with E-state index < -0.39 is 5.97 Å². The smallest absolute Gasteiger partial charge is 0.308 e. The van der Waals surface area contributed by atoms with Crippen LogP contribution in [-0.2, 0) is 14.3 Å². The number of ether oxygens (including phenoxy) is 2. The number of likely N-dealkylation sites (tertiary alicyclic amines) is 1. The van der Waals surface area contributed by atoms with Gasteiger partial charge >= 0.3 is 5.97 Å². The minimum absolute atomic E-state index is 0.0389. The lowest BCUT2D eigenvalue weighted by molar-refractivity contribution is -0.134. The van der Waals surface area contributed by atoms with Crippen LogP contribution in [0, 0.1) is 5.92 Å². The molecule has 0 aliphatic carbocycles. The molecule has 7 nitrogen and oxygen atoms in total. The summed E-state index contributed by atoms with van der Waals surface area (Å²) in [5.74, 6) is 0.388. The number of nitrogens with one attached hydrogen (secondary N) is 1. The van der Waals surface area contributed by atoms with Crippen molar-refractivity contribution in [1.29, 1.82) is 0 Å². The third-order valence-electron chi connectivity index (χ3n) is 5.34. The quantitative estimate of drug-likeness (QED) is 0.617. The Labute approximate surface area is 165 Å². The lowest BCUT2D eigenvalue weighted by Crippen LogP contribution is -2.47. The average Bonchev–Trinajstić information content (AvgIpc) is 2.69. The number of amides is 2. The van der Waals surface area contributed by atoms with Gasteiger partial charge < -0.3 is 19.7 Å². The van der Waals surface area contributed by atoms with E-state index in [-0.39, 0.29) is 17.9 Å². The van der Waals surface area contributed by atoms with Crippen LogP contribution >= 0.6 is 0 Å². The summed E-state index contributed by atoms with van der Waals surface area (Å²) in [4.78, 5) is 38.0. The van der Waals surface area contributed by atoms with Crippen molar-refractivity contribution in [2.24, 2.45) is 5.92 Å². The fourth-order valence-corrected chi connectivity index (χ4v) is 3.74. The topological polar surface area (TPSA) is 84.9 Å². The van der Waals surface area contributed by atoms with E-state index in [1.54, 1.807) is 24.3 Å². The number of carbonyl (C=O) groups is 3. The van der Waals surface area contributed by atoms with Gasteiger partial charge in [0.15, 0.2) is 0 Å². The van der Waals surface area contributed by atoms with Gasteiger partial charge in [0.25, 0.3) is 5.91 Å². The summed E-state index contributed by atoms with van der Waals surface area (Å²) in [5, 5.41) is 3.02. The predicted octanol–water partition coefficient (Wildman–Crippen LogP) is 2.15. The van der Waals surface area contributed by atoms with Gasteiger partial charge in [-0.25, -0.2) is 0 Å². The number of hydrogen-bond donors (Lipinski definition) is 1. The lowest BCUT2D eigenvalue weighted by atomic mass is 9.95. The molecule has 2 amide bonds. The molecule has 7 heteroatoms. The Hall–Kier alpha value is -2.41. The zero-order valence-corrected chi connectivity index (χ0v) is 16.3. The van der Waals surface area contributed by atoms with E-state index in [2.05, 4.69) is 5.32 Å². The van der Waals surface area contributed by atoms with Gasteiger partial charge in [-0.2, -0.15) is 0 Å². The second kappa shape index (κ2) is 9.68. The maximum atomic E-state index is 12.5. The lowest BCUT2D eigenvalue weighted by Gasteiger charge is -2.33. The van der Waals surface area contributed by atoms with Crippen LogP contribution in [-0.4, -0.2) is 55.0 Å². The summed E-state index contributed by atoms with van der Waals surface area (Å²) < 4.78 is 10.4. The summed E-state index contributed by atoms with van der Waals surface area (Å²) in [6.07, 6.45) is 4.02. The highest BCUT2D eigenvalue weighted by Crippen LogP contribution is 2.21. The first-order valence-electron chi connectivity index (χ1n) is 9.96. The Morgan fingerprint density at radius 3 is 2.54 bits per heavy atom. The summed E-state index contributed by atoms with van der Waals surface area (Å²) in [7, 11) is 0. The molecule has 152 valence electrons. The molecule has 0 radical (unpaired) electrons. The molecule has 1 aromatic carbocycles. The zero-order valence-electron chi connectivity index (χ0n) is 16.3. The van der Waals surface area contributed by atoms with Crippen LogP contribution in [0.2, 0.25) is 0 Å². The van der Waals surface area contributed by atoms with Crippen molar-refractivity contribution >= 4 is 17.8 Å². The van der Waals surface area contributed by atoms with Gasteiger partial charge in [-0.3, -0.25) is 14.4 Å². The SMILES string of the molecule is CC(=O)Oc1cccc(C(=O)NC2CCN(C(=O)CC3CCOCC3)CC2)c1. The first kappa shape index (κ1) is 20.3. The van der Waals surface area contributed by atoms with E-state index in [9.17, 15) is 14.4 Å². The fraction of sp³-hybridized carbons (Fsp3) is 0.571. The van der Waals surface area contributed by atoms with Crippen LogP contribution in [0.4, 0.5) is 0 Å². The minimum atomic E-state index is -0.421. The number of benzene rings is 1. The van der Waals surface area contributed by atoms with E-state index in [0.29, 0.717) is 36.7 Å². The second-order valence-corrected chi connectivity index (χ2v) is 7.51. The summed E-state index contributed by atoms with van der Waals surface area (Å²) in [6.45, 7) is 4.17. The van der Waals surface area contributed by atoms with Crippen LogP contribution < -0.4 is 10.1 Å². The summed E-state index contributed by atoms with van der Waals surface area (Å²) >= 11 is 0. The molecular weight excluding hydrogens is 360 g/mol. The Bertz CT molecular complexity index is 707. The molecule has 0 spiro atoms. The van der Waals surface area contributed by atoms with Gasteiger partial charge in [-0.15, -0.1) is 0 Å². The molecule has 2 heterocycles. The van der Waals surface area contributed by atoms with E-state index in [1.165, 1.54) is 6.92 Å². The normalized spacial score (nSPS) is 18.5. The molecule has 28 heavy (non-hydrogen) atoms. The molecule has 0 saturated carbocycles. The predicted molar refractivity (Wildman–Crippen MR) is 103 cm³/mol. The molecule has 0 bridgehead atoms. The van der Waals surface area contributed by atoms with Crippen LogP contribution in [0.25, 0.3) is 0 Å². The number of nitrogens with zero attached hydrogens (tertiary/aromatic N) is 1. The van der Waals surface area contributed by atoms with E-state index in [4.69, 9.17) is 9.47 Å². The largest absolute Gasteiger partial charge is 0.427 e. The number of rotatable bonds is 5. The first-order chi connectivity index (χ1) is 13.5. The van der Waals surface area contributed by atoms with Crippen molar-refractivity contribution in [3.8, 4) is 5.75 Å². The van der Waals surface area contributed by atoms with Gasteiger partial charge in [0.2, 0.25) is 5.91 Å². The maximum Gasteiger partial charge on any atom is 0.308 e. The van der Waals surface area contributed by atoms with Gasteiger partial charge in [0.05, 0.1) is 0 Å². The average molecular weight is 388 g/mol. The van der Waals surface area contributed by atoms with Gasteiger partial charge in [-0.1, -0.05) is 6.07 Å². The highest BCUT2D eigenvalue weighted by Gasteiger charge is 2.26. The molecule has 0 aromatic heterocycles. The minimum Gasteiger partial charge on any atom is -0.427 e. The molecule has 2 fully saturated rings. The third-order valence-corrected chi connectivity index (χ3v) is 5.34. The molecule has 0 unspecified atom stereocenters. The van der Waals surface area contributed by atoms with E-state index in [1.807, 2.05) is 4.90 Å². The fourth-order valence-electron chi connectivity index (χ4n) is 3.74. The van der Waals surface area contributed by atoms with Gasteiger partial charge in [0.1, 0.15) is 5.75 Å². The maximum absolute atomic E-state index is 12.5. The van der Waals surface area contributed by atoms with E-state index >= 15 is 0 Å². The summed E-state index contributed by atoms with van der Waals surface area (Å²) in [6, 6.07) is 6.61. The molecule has 2 aliphatic rings. The molecule has 2 aliphatic heterocycles. The Balaban J connectivity index is 1.45. The first-order valence-corrected chi connectivity index (χ1v) is 9.96. The zero-order chi connectivity index (χ0) is 19.9. The van der Waals surface area contributed by atoms with Crippen LogP contribution in [0.1, 0.15) is 49.4 Å². The van der Waals surface area contributed by atoms with Gasteiger partial charge in [0, 0.05) is 51.3 Å². The van der Waals surface area contributed by atoms with Crippen LogP contribution in [0.3, 0.4) is 0 Å². The van der Waals surface area contributed by atoms with Crippen LogP contribution in [0.15, 0.2) is 24.3 Å². The van der Waals surface area contributed by atoms with Gasteiger partial charge in [-0.05, 0) is 49.8 Å². The molecular formula is C21H28N2O5. The summed E-state index contributed by atoms with van der Waals surface area (Å²) in [5.41, 5.74) is 0.455. The Kier molecular flexibility index (Phi) is 7.03. The highest BCUT2D eigenvalue weighted by atomic mass is 16.5. The monoisotopic (exact) mass is 388 g/mol. The molecule has 3 rings (SSSR count). The highest BCUT2D eigenvalue weighted by molar-refractivity contribution is 5.95. The second-order valence-electron chi connectivity index (χ2n) is 7.51. The Morgan fingerprint density at radius 2 is 1.86 bits per heavy atom. The van der Waals surface area contributed by atoms with E-state index in [0.717, 1.165) is 38.9 Å². The van der Waals surface area contributed by atoms with Crippen molar-refractivity contribution < 1.29 is 23.9 Å². The number of piperidine rings is 1. The number of esters is 1. The molecule has 0 atom stereocenters. The molecule has 2 saturated heterocycles. The number of hydrogen-bond acceptors (Lipinski definition) is 5. The Morgan fingerprint density at radius 1 is 1.14 bits per heavy atom. The van der Waals surface area contributed by atoms with Crippen LogP contribution in [0.5, 0.6) is 5.75 Å². The van der Waals surface area contributed by atoms with Crippen molar-refractivity contribution in [2.45, 2.75) is 45.1 Å². The van der Waals surface area contributed by atoms with Crippen molar-refractivity contribution in [1.82, 2.24) is 10.2 Å².